The SMILES string of the molecule is CC(C)[C@@H](NC(=O)C=Cc1cccc(C#N)c1)C(=O)O. The average Bonchev–Trinajstić information content (AvgIpc) is 2.42. The summed E-state index contributed by atoms with van der Waals surface area (Å²) in [5.74, 6) is -1.74. The summed E-state index contributed by atoms with van der Waals surface area (Å²) in [6.45, 7) is 3.44. The molecule has 0 aliphatic carbocycles. The number of benzene rings is 1. The van der Waals surface area contributed by atoms with E-state index in [-0.39, 0.29) is 5.92 Å². The summed E-state index contributed by atoms with van der Waals surface area (Å²) >= 11 is 0. The summed E-state index contributed by atoms with van der Waals surface area (Å²) in [5.41, 5.74) is 1.20. The zero-order valence-corrected chi connectivity index (χ0v) is 11.3. The second kappa shape index (κ2) is 7.10. The lowest BCUT2D eigenvalue weighted by atomic mass is 10.0. The fourth-order valence-electron chi connectivity index (χ4n) is 1.60. The monoisotopic (exact) mass is 272 g/mol. The smallest absolute Gasteiger partial charge is 0.326 e. The number of hydrogen-bond acceptors (Lipinski definition) is 3. The third kappa shape index (κ3) is 4.58. The van der Waals surface area contributed by atoms with E-state index < -0.39 is 17.9 Å². The van der Waals surface area contributed by atoms with Crippen LogP contribution in [-0.2, 0) is 9.59 Å². The Morgan fingerprint density at radius 2 is 2.10 bits per heavy atom. The fourth-order valence-corrected chi connectivity index (χ4v) is 1.60. The van der Waals surface area contributed by atoms with Crippen LogP contribution in [0.5, 0.6) is 0 Å². The molecule has 0 fully saturated rings. The molecule has 1 aromatic carbocycles. The van der Waals surface area contributed by atoms with Crippen molar-refractivity contribution in [3.8, 4) is 6.07 Å². The van der Waals surface area contributed by atoms with E-state index in [1.54, 1.807) is 38.1 Å². The molecule has 2 N–H and O–H groups in total. The number of carboxylic acids is 1. The summed E-state index contributed by atoms with van der Waals surface area (Å²) in [6.07, 6.45) is 2.80. The van der Waals surface area contributed by atoms with Crippen molar-refractivity contribution in [2.75, 3.05) is 0 Å². The van der Waals surface area contributed by atoms with Crippen LogP contribution in [0.25, 0.3) is 6.08 Å². The molecule has 0 aliphatic rings. The molecule has 1 amide bonds. The van der Waals surface area contributed by atoms with Gasteiger partial charge in [-0.1, -0.05) is 26.0 Å². The maximum Gasteiger partial charge on any atom is 0.326 e. The molecule has 0 radical (unpaired) electrons. The quantitative estimate of drug-likeness (QED) is 0.800. The van der Waals surface area contributed by atoms with Crippen molar-refractivity contribution >= 4 is 18.0 Å². The van der Waals surface area contributed by atoms with Gasteiger partial charge in [-0.05, 0) is 29.7 Å². The number of amides is 1. The van der Waals surface area contributed by atoms with Crippen molar-refractivity contribution in [1.82, 2.24) is 5.32 Å². The van der Waals surface area contributed by atoms with Gasteiger partial charge in [-0.3, -0.25) is 4.79 Å². The first kappa shape index (κ1) is 15.4. The lowest BCUT2D eigenvalue weighted by molar-refractivity contribution is -0.142. The number of nitrogens with one attached hydrogen (secondary N) is 1. The summed E-state index contributed by atoms with van der Waals surface area (Å²) < 4.78 is 0. The van der Waals surface area contributed by atoms with Crippen molar-refractivity contribution in [3.63, 3.8) is 0 Å². The summed E-state index contributed by atoms with van der Waals surface area (Å²) in [4.78, 5) is 22.6. The van der Waals surface area contributed by atoms with Crippen molar-refractivity contribution in [2.45, 2.75) is 19.9 Å². The van der Waals surface area contributed by atoms with Crippen molar-refractivity contribution in [3.05, 3.63) is 41.5 Å². The summed E-state index contributed by atoms with van der Waals surface area (Å²) in [7, 11) is 0. The summed E-state index contributed by atoms with van der Waals surface area (Å²) in [6, 6.07) is 7.85. The van der Waals surface area contributed by atoms with E-state index >= 15 is 0 Å². The van der Waals surface area contributed by atoms with Crippen molar-refractivity contribution in [1.29, 1.82) is 5.26 Å². The minimum absolute atomic E-state index is 0.202. The van der Waals surface area contributed by atoms with Gasteiger partial charge in [0, 0.05) is 6.08 Å². The Labute approximate surface area is 117 Å². The first-order valence-electron chi connectivity index (χ1n) is 6.15. The summed E-state index contributed by atoms with van der Waals surface area (Å²) in [5, 5.41) is 20.2. The first-order valence-corrected chi connectivity index (χ1v) is 6.15. The molecule has 0 aliphatic heterocycles. The highest BCUT2D eigenvalue weighted by Gasteiger charge is 2.22. The third-order valence-electron chi connectivity index (χ3n) is 2.67. The van der Waals surface area contributed by atoms with E-state index in [0.29, 0.717) is 11.1 Å². The zero-order valence-electron chi connectivity index (χ0n) is 11.3. The first-order chi connectivity index (χ1) is 9.43. The Morgan fingerprint density at radius 1 is 1.40 bits per heavy atom. The van der Waals surface area contributed by atoms with Gasteiger partial charge in [0.15, 0.2) is 0 Å². The molecule has 0 heterocycles. The molecule has 1 rings (SSSR count). The molecule has 104 valence electrons. The number of nitriles is 1. The van der Waals surface area contributed by atoms with Crippen LogP contribution in [0, 0.1) is 17.2 Å². The molecule has 1 atom stereocenters. The topological polar surface area (TPSA) is 90.2 Å². The van der Waals surface area contributed by atoms with Crippen LogP contribution in [0.3, 0.4) is 0 Å². The number of aliphatic carboxylic acids is 1. The molecule has 1 aromatic rings. The van der Waals surface area contributed by atoms with Crippen LogP contribution in [-0.4, -0.2) is 23.0 Å². The van der Waals surface area contributed by atoms with Crippen LogP contribution in [0.1, 0.15) is 25.0 Å². The molecule has 5 nitrogen and oxygen atoms in total. The maximum absolute atomic E-state index is 11.7. The molecule has 0 saturated heterocycles. The van der Waals surface area contributed by atoms with E-state index in [1.807, 2.05) is 6.07 Å². The van der Waals surface area contributed by atoms with Crippen LogP contribution in [0.4, 0.5) is 0 Å². The standard InChI is InChI=1S/C15H16N2O3/c1-10(2)14(15(19)20)17-13(18)7-6-11-4-3-5-12(8-11)9-16/h3-8,10,14H,1-2H3,(H,17,18)(H,19,20)/t14-/m1/s1. The molecule has 5 heteroatoms. The van der Waals surface area contributed by atoms with Gasteiger partial charge in [0.2, 0.25) is 5.91 Å². The number of rotatable bonds is 5. The van der Waals surface area contributed by atoms with E-state index in [2.05, 4.69) is 5.32 Å². The molecule has 0 unspecified atom stereocenters. The average molecular weight is 272 g/mol. The van der Waals surface area contributed by atoms with E-state index in [4.69, 9.17) is 10.4 Å². The van der Waals surface area contributed by atoms with Gasteiger partial charge in [-0.2, -0.15) is 5.26 Å². The van der Waals surface area contributed by atoms with Gasteiger partial charge < -0.3 is 10.4 Å². The minimum Gasteiger partial charge on any atom is -0.480 e. The van der Waals surface area contributed by atoms with E-state index in [0.717, 1.165) is 0 Å². The Morgan fingerprint density at radius 3 is 2.65 bits per heavy atom. The molecule has 0 spiro atoms. The normalized spacial score (nSPS) is 12.1. The minimum atomic E-state index is -1.06. The number of hydrogen-bond donors (Lipinski definition) is 2. The highest BCUT2D eigenvalue weighted by Crippen LogP contribution is 2.06. The number of nitrogens with zero attached hydrogens (tertiary/aromatic N) is 1. The van der Waals surface area contributed by atoms with Crippen molar-refractivity contribution in [2.24, 2.45) is 5.92 Å². The molecular formula is C15H16N2O3. The Bertz CT molecular complexity index is 571. The highest BCUT2D eigenvalue weighted by molar-refractivity contribution is 5.94. The van der Waals surface area contributed by atoms with Gasteiger partial charge in [0.1, 0.15) is 6.04 Å². The Balaban J connectivity index is 2.72. The molecule has 0 bridgehead atoms. The van der Waals surface area contributed by atoms with E-state index in [1.165, 1.54) is 12.2 Å². The predicted octanol–water partition coefficient (Wildman–Crippen LogP) is 1.80. The number of carbonyl (C=O) groups is 2. The molecule has 0 saturated carbocycles. The number of carbonyl (C=O) groups excluding carboxylic acids is 1. The second-order valence-electron chi connectivity index (χ2n) is 4.64. The van der Waals surface area contributed by atoms with Gasteiger partial charge in [0.25, 0.3) is 0 Å². The molecule has 0 aromatic heterocycles. The fraction of sp³-hybridized carbons (Fsp3) is 0.267. The largest absolute Gasteiger partial charge is 0.480 e. The van der Waals surface area contributed by atoms with E-state index in [9.17, 15) is 9.59 Å². The van der Waals surface area contributed by atoms with Gasteiger partial charge in [-0.15, -0.1) is 0 Å². The lowest BCUT2D eigenvalue weighted by Crippen LogP contribution is -2.43. The Hall–Kier alpha value is -2.61. The number of carboxylic acid groups (broad SMARTS) is 1. The molecular weight excluding hydrogens is 256 g/mol. The second-order valence-corrected chi connectivity index (χ2v) is 4.64. The highest BCUT2D eigenvalue weighted by atomic mass is 16.4. The van der Waals surface area contributed by atoms with Crippen LogP contribution < -0.4 is 5.32 Å². The van der Waals surface area contributed by atoms with Crippen LogP contribution in [0.15, 0.2) is 30.3 Å². The zero-order chi connectivity index (χ0) is 15.1. The Kier molecular flexibility index (Phi) is 5.48. The third-order valence-corrected chi connectivity index (χ3v) is 2.67. The van der Waals surface area contributed by atoms with Gasteiger partial charge in [-0.25, -0.2) is 4.79 Å². The van der Waals surface area contributed by atoms with Crippen LogP contribution in [0.2, 0.25) is 0 Å². The van der Waals surface area contributed by atoms with Gasteiger partial charge >= 0.3 is 5.97 Å². The van der Waals surface area contributed by atoms with Crippen LogP contribution >= 0.6 is 0 Å². The lowest BCUT2D eigenvalue weighted by Gasteiger charge is -2.16. The maximum atomic E-state index is 11.7. The van der Waals surface area contributed by atoms with Gasteiger partial charge in [0.05, 0.1) is 11.6 Å². The molecule has 20 heavy (non-hydrogen) atoms. The predicted molar refractivity (Wildman–Crippen MR) is 74.6 cm³/mol. The van der Waals surface area contributed by atoms with Crippen molar-refractivity contribution < 1.29 is 14.7 Å².